The van der Waals surface area contributed by atoms with Crippen LogP contribution in [0.4, 0.5) is 0 Å². The van der Waals surface area contributed by atoms with Crippen LogP contribution in [0, 0.1) is 0 Å². The first kappa shape index (κ1) is 14.7. The zero-order chi connectivity index (χ0) is 13.4. The van der Waals surface area contributed by atoms with Gasteiger partial charge in [0.1, 0.15) is 5.82 Å². The van der Waals surface area contributed by atoms with Gasteiger partial charge in [-0.25, -0.2) is 9.97 Å². The Hall–Kier alpha value is -1.35. The van der Waals surface area contributed by atoms with Crippen LogP contribution in [0.3, 0.4) is 0 Å². The number of nitrogens with zero attached hydrogens (tertiary/aromatic N) is 2. The predicted molar refractivity (Wildman–Crippen MR) is 78.0 cm³/mol. The maximum absolute atomic E-state index is 4.34. The van der Waals surface area contributed by atoms with E-state index in [0.29, 0.717) is 5.92 Å². The van der Waals surface area contributed by atoms with Gasteiger partial charge < -0.3 is 0 Å². The molecule has 96 valence electrons. The summed E-state index contributed by atoms with van der Waals surface area (Å²) < 4.78 is 0. The Morgan fingerprint density at radius 1 is 0.889 bits per heavy atom. The number of rotatable bonds is 3. The maximum atomic E-state index is 4.34. The van der Waals surface area contributed by atoms with E-state index in [-0.39, 0.29) is 0 Å². The zero-order valence-electron chi connectivity index (χ0n) is 11.4. The van der Waals surface area contributed by atoms with E-state index in [1.807, 2.05) is 44.4 Å². The monoisotopic (exact) mass is 260 g/mol. The van der Waals surface area contributed by atoms with Gasteiger partial charge in [-0.05, 0) is 12.1 Å². The van der Waals surface area contributed by atoms with Gasteiger partial charge in [0.15, 0.2) is 0 Å². The lowest BCUT2D eigenvalue weighted by Gasteiger charge is -2.04. The van der Waals surface area contributed by atoms with Crippen LogP contribution in [0.15, 0.2) is 52.5 Å². The molecule has 0 aliphatic carbocycles. The summed E-state index contributed by atoms with van der Waals surface area (Å²) in [5.74, 6) is 1.29. The molecule has 0 aliphatic heterocycles. The number of aromatic nitrogens is 2. The normalized spacial score (nSPS) is 9.83. The second-order valence-corrected chi connectivity index (χ2v) is 4.99. The van der Waals surface area contributed by atoms with Crippen LogP contribution in [0.5, 0.6) is 0 Å². The quantitative estimate of drug-likeness (QED) is 0.794. The first-order valence-electron chi connectivity index (χ1n) is 6.30. The van der Waals surface area contributed by atoms with E-state index in [4.69, 9.17) is 0 Å². The number of hydrogen-bond acceptors (Lipinski definition) is 3. The van der Waals surface area contributed by atoms with Crippen LogP contribution in [0.1, 0.15) is 39.4 Å². The Kier molecular flexibility index (Phi) is 6.44. The van der Waals surface area contributed by atoms with Gasteiger partial charge in [-0.3, -0.25) is 0 Å². The molecule has 18 heavy (non-hydrogen) atoms. The Morgan fingerprint density at radius 2 is 1.44 bits per heavy atom. The largest absolute Gasteiger partial charge is 0.240 e. The van der Waals surface area contributed by atoms with E-state index < -0.39 is 0 Å². The summed E-state index contributed by atoms with van der Waals surface area (Å²) in [6.07, 6.45) is 3.78. The molecule has 1 aromatic carbocycles. The highest BCUT2D eigenvalue weighted by atomic mass is 32.2. The first-order chi connectivity index (χ1) is 8.75. The third-order valence-corrected chi connectivity index (χ3v) is 3.10. The van der Waals surface area contributed by atoms with Gasteiger partial charge in [0, 0.05) is 28.1 Å². The Labute approximate surface area is 114 Å². The summed E-state index contributed by atoms with van der Waals surface area (Å²) in [6, 6.07) is 10.3. The van der Waals surface area contributed by atoms with Gasteiger partial charge in [-0.1, -0.05) is 57.7 Å². The highest BCUT2D eigenvalue weighted by molar-refractivity contribution is 7.99. The van der Waals surface area contributed by atoms with Crippen molar-refractivity contribution >= 4 is 11.8 Å². The average molecular weight is 260 g/mol. The van der Waals surface area contributed by atoms with E-state index in [9.17, 15) is 0 Å². The zero-order valence-corrected chi connectivity index (χ0v) is 12.2. The fraction of sp³-hybridized carbons (Fsp3) is 0.333. The van der Waals surface area contributed by atoms with Crippen molar-refractivity contribution in [3.8, 4) is 0 Å². The summed E-state index contributed by atoms with van der Waals surface area (Å²) in [7, 11) is 0. The third kappa shape index (κ3) is 4.49. The van der Waals surface area contributed by atoms with Crippen molar-refractivity contribution in [2.45, 2.75) is 43.4 Å². The molecule has 2 aromatic rings. The van der Waals surface area contributed by atoms with E-state index in [2.05, 4.69) is 35.9 Å². The van der Waals surface area contributed by atoms with Crippen molar-refractivity contribution in [3.63, 3.8) is 0 Å². The molecule has 0 amide bonds. The molecule has 3 heteroatoms. The topological polar surface area (TPSA) is 25.8 Å². The van der Waals surface area contributed by atoms with E-state index in [1.165, 1.54) is 4.90 Å². The molecule has 0 saturated heterocycles. The number of benzene rings is 1. The maximum Gasteiger partial charge on any atom is 0.130 e. The lowest BCUT2D eigenvalue weighted by molar-refractivity contribution is 0.766. The van der Waals surface area contributed by atoms with Gasteiger partial charge >= 0.3 is 0 Å². The lowest BCUT2D eigenvalue weighted by atomic mass is 10.2. The summed E-state index contributed by atoms with van der Waals surface area (Å²) in [5.41, 5.74) is 0. The van der Waals surface area contributed by atoms with Crippen LogP contribution in [-0.2, 0) is 0 Å². The van der Waals surface area contributed by atoms with E-state index in [0.717, 1.165) is 10.7 Å². The Bertz CT molecular complexity index is 438. The average Bonchev–Trinajstić information content (AvgIpc) is 2.43. The van der Waals surface area contributed by atoms with Crippen LogP contribution < -0.4 is 0 Å². The van der Waals surface area contributed by atoms with Gasteiger partial charge in [0.05, 0.1) is 0 Å². The highest BCUT2D eigenvalue weighted by Crippen LogP contribution is 2.26. The van der Waals surface area contributed by atoms with Crippen molar-refractivity contribution in [1.82, 2.24) is 9.97 Å². The molecule has 0 atom stereocenters. The molecule has 2 rings (SSSR count). The van der Waals surface area contributed by atoms with Crippen molar-refractivity contribution in [1.29, 1.82) is 0 Å². The summed E-state index contributed by atoms with van der Waals surface area (Å²) in [4.78, 5) is 11.0. The van der Waals surface area contributed by atoms with Crippen LogP contribution >= 0.6 is 11.8 Å². The summed E-state index contributed by atoms with van der Waals surface area (Å²) in [5, 5.41) is 0. The Balaban J connectivity index is 0.000000771. The molecule has 0 N–H and O–H groups in total. The number of hydrogen-bond donors (Lipinski definition) is 0. The van der Waals surface area contributed by atoms with Gasteiger partial charge in [-0.15, -0.1) is 0 Å². The minimum atomic E-state index is 0.385. The lowest BCUT2D eigenvalue weighted by Crippen LogP contribution is -1.95. The fourth-order valence-corrected chi connectivity index (χ4v) is 2.08. The summed E-state index contributed by atoms with van der Waals surface area (Å²) >= 11 is 1.68. The SMILES string of the molecule is CC.CC(C)c1ncc(Sc2ccccc2)cn1. The molecule has 1 aromatic heterocycles. The molecular formula is C15H20N2S. The fourth-order valence-electron chi connectivity index (χ4n) is 1.30. The van der Waals surface area contributed by atoms with Crippen LogP contribution in [-0.4, -0.2) is 9.97 Å². The molecule has 0 spiro atoms. The molecule has 0 aliphatic rings. The minimum absolute atomic E-state index is 0.385. The molecular weight excluding hydrogens is 240 g/mol. The van der Waals surface area contributed by atoms with Crippen LogP contribution in [0.25, 0.3) is 0 Å². The minimum Gasteiger partial charge on any atom is -0.240 e. The van der Waals surface area contributed by atoms with Gasteiger partial charge in [0.25, 0.3) is 0 Å². The second kappa shape index (κ2) is 7.88. The molecule has 0 unspecified atom stereocenters. The molecule has 2 nitrogen and oxygen atoms in total. The van der Waals surface area contributed by atoms with E-state index >= 15 is 0 Å². The molecule has 0 bridgehead atoms. The van der Waals surface area contributed by atoms with Crippen molar-refractivity contribution in [2.75, 3.05) is 0 Å². The predicted octanol–water partition coefficient (Wildman–Crippen LogP) is 4.78. The second-order valence-electron chi connectivity index (χ2n) is 3.85. The van der Waals surface area contributed by atoms with Crippen molar-refractivity contribution in [2.24, 2.45) is 0 Å². The van der Waals surface area contributed by atoms with Crippen LogP contribution in [0.2, 0.25) is 0 Å². The Morgan fingerprint density at radius 3 is 1.94 bits per heavy atom. The molecule has 0 saturated carbocycles. The molecule has 1 heterocycles. The van der Waals surface area contributed by atoms with Crippen molar-refractivity contribution < 1.29 is 0 Å². The third-order valence-electron chi connectivity index (χ3n) is 2.14. The molecule has 0 radical (unpaired) electrons. The van der Waals surface area contributed by atoms with Crippen molar-refractivity contribution in [3.05, 3.63) is 48.5 Å². The van der Waals surface area contributed by atoms with Gasteiger partial charge in [0.2, 0.25) is 0 Å². The standard InChI is InChI=1S/C13H14N2S.C2H6/c1-10(2)13-14-8-12(9-15-13)16-11-6-4-3-5-7-11;1-2/h3-10H,1-2H3;1-2H3. The first-order valence-corrected chi connectivity index (χ1v) is 7.12. The molecule has 0 fully saturated rings. The van der Waals surface area contributed by atoms with Gasteiger partial charge in [-0.2, -0.15) is 0 Å². The smallest absolute Gasteiger partial charge is 0.130 e. The summed E-state index contributed by atoms with van der Waals surface area (Å²) in [6.45, 7) is 8.19. The highest BCUT2D eigenvalue weighted by Gasteiger charge is 2.03. The van der Waals surface area contributed by atoms with E-state index in [1.54, 1.807) is 11.8 Å².